The molecule has 0 aliphatic carbocycles. The van der Waals surface area contributed by atoms with Gasteiger partial charge >= 0.3 is 0 Å². The van der Waals surface area contributed by atoms with E-state index in [1.54, 1.807) is 48.5 Å². The van der Waals surface area contributed by atoms with Crippen molar-refractivity contribution in [3.63, 3.8) is 0 Å². The second-order valence-corrected chi connectivity index (χ2v) is 8.42. The Hall–Kier alpha value is -3.23. The molecule has 0 aliphatic rings. The summed E-state index contributed by atoms with van der Waals surface area (Å²) < 4.78 is 38.8. The van der Waals surface area contributed by atoms with Gasteiger partial charge in [-0.2, -0.15) is 0 Å². The molecule has 0 atom stereocenters. The Bertz CT molecular complexity index is 1180. The Labute approximate surface area is 186 Å². The Kier molecular flexibility index (Phi) is 7.04. The van der Waals surface area contributed by atoms with Crippen molar-refractivity contribution in [1.82, 2.24) is 0 Å². The average molecular weight is 461 g/mol. The Morgan fingerprint density at radius 1 is 1.03 bits per heavy atom. The van der Waals surface area contributed by atoms with Gasteiger partial charge in [0.2, 0.25) is 0 Å². The maximum Gasteiger partial charge on any atom is 0.263 e. The molecule has 0 heterocycles. The van der Waals surface area contributed by atoms with E-state index in [4.69, 9.17) is 21.1 Å². The molecule has 0 fully saturated rings. The van der Waals surface area contributed by atoms with E-state index in [2.05, 4.69) is 10.0 Å². The molecule has 162 valence electrons. The minimum absolute atomic E-state index is 0.0139. The normalized spacial score (nSPS) is 10.9. The summed E-state index contributed by atoms with van der Waals surface area (Å²) >= 11 is 6.14. The van der Waals surface area contributed by atoms with Crippen LogP contribution in [0, 0.1) is 0 Å². The largest absolute Gasteiger partial charge is 0.495 e. The van der Waals surface area contributed by atoms with E-state index in [-0.39, 0.29) is 21.2 Å². The minimum Gasteiger partial charge on any atom is -0.495 e. The quantitative estimate of drug-likeness (QED) is 0.503. The molecule has 3 rings (SSSR count). The van der Waals surface area contributed by atoms with Gasteiger partial charge in [-0.3, -0.25) is 9.52 Å². The van der Waals surface area contributed by atoms with Crippen LogP contribution in [0.5, 0.6) is 11.5 Å². The number of ether oxygens (including phenoxy) is 2. The molecule has 0 spiro atoms. The molecule has 1 amide bonds. The summed E-state index contributed by atoms with van der Waals surface area (Å²) in [6, 6.07) is 17.5. The summed E-state index contributed by atoms with van der Waals surface area (Å²) in [4.78, 5) is 12.4. The summed E-state index contributed by atoms with van der Waals surface area (Å²) in [7, 11) is -2.64. The van der Waals surface area contributed by atoms with Crippen LogP contribution in [-0.2, 0) is 10.0 Å². The van der Waals surface area contributed by atoms with Crippen LogP contribution in [-0.4, -0.2) is 28.0 Å². The van der Waals surface area contributed by atoms with Crippen LogP contribution in [0.4, 0.5) is 11.4 Å². The monoisotopic (exact) mass is 460 g/mol. The summed E-state index contributed by atoms with van der Waals surface area (Å²) in [6.45, 7) is 2.42. The molecule has 2 N–H and O–H groups in total. The van der Waals surface area contributed by atoms with Gasteiger partial charge < -0.3 is 14.8 Å². The molecule has 31 heavy (non-hydrogen) atoms. The van der Waals surface area contributed by atoms with Crippen LogP contribution < -0.4 is 19.5 Å². The lowest BCUT2D eigenvalue weighted by Crippen LogP contribution is -2.17. The predicted octanol–water partition coefficient (Wildman–Crippen LogP) is 4.80. The van der Waals surface area contributed by atoms with Gasteiger partial charge in [-0.1, -0.05) is 23.7 Å². The first kappa shape index (κ1) is 22.5. The van der Waals surface area contributed by atoms with E-state index >= 15 is 0 Å². The van der Waals surface area contributed by atoms with Gasteiger partial charge in [-0.15, -0.1) is 0 Å². The molecule has 0 unspecified atom stereocenters. The van der Waals surface area contributed by atoms with Crippen LogP contribution >= 0.6 is 11.6 Å². The zero-order valence-electron chi connectivity index (χ0n) is 16.9. The molecule has 0 radical (unpaired) electrons. The van der Waals surface area contributed by atoms with Gasteiger partial charge in [0.15, 0.2) is 0 Å². The number of rotatable bonds is 8. The number of sulfonamides is 1. The Morgan fingerprint density at radius 3 is 2.42 bits per heavy atom. The standard InChI is InChI=1S/C22H21ClN2O5S/c1-3-30-17-11-9-16(10-12-17)24-22(26)15-8-13-18(23)21(14-15)31(27,28)25-19-6-4-5-7-20(19)29-2/h4-14,25H,3H2,1-2H3,(H,24,26). The second-order valence-electron chi connectivity index (χ2n) is 6.36. The van der Waals surface area contributed by atoms with Crippen molar-refractivity contribution >= 4 is 38.9 Å². The smallest absolute Gasteiger partial charge is 0.263 e. The molecule has 0 aromatic heterocycles. The fourth-order valence-corrected chi connectivity index (χ4v) is 4.38. The van der Waals surface area contributed by atoms with Gasteiger partial charge in [0.25, 0.3) is 15.9 Å². The van der Waals surface area contributed by atoms with Crippen LogP contribution in [0.2, 0.25) is 5.02 Å². The number of para-hydroxylation sites is 2. The van der Waals surface area contributed by atoms with E-state index in [0.29, 0.717) is 23.8 Å². The Morgan fingerprint density at radius 2 is 1.74 bits per heavy atom. The molecular weight excluding hydrogens is 440 g/mol. The summed E-state index contributed by atoms with van der Waals surface area (Å²) in [5.74, 6) is 0.559. The van der Waals surface area contributed by atoms with Gasteiger partial charge in [0.05, 0.1) is 24.4 Å². The lowest BCUT2D eigenvalue weighted by molar-refractivity contribution is 0.102. The van der Waals surface area contributed by atoms with Gasteiger partial charge in [-0.05, 0) is 61.5 Å². The average Bonchev–Trinajstić information content (AvgIpc) is 2.75. The van der Waals surface area contributed by atoms with E-state index in [1.807, 2.05) is 6.92 Å². The fraction of sp³-hybridized carbons (Fsp3) is 0.136. The van der Waals surface area contributed by atoms with Gasteiger partial charge in [0, 0.05) is 11.3 Å². The first-order valence-corrected chi connectivity index (χ1v) is 11.2. The zero-order chi connectivity index (χ0) is 22.4. The summed E-state index contributed by atoms with van der Waals surface area (Å²) in [6.07, 6.45) is 0. The zero-order valence-corrected chi connectivity index (χ0v) is 18.5. The number of benzene rings is 3. The lowest BCUT2D eigenvalue weighted by Gasteiger charge is -2.13. The highest BCUT2D eigenvalue weighted by Crippen LogP contribution is 2.29. The molecule has 3 aromatic rings. The number of hydrogen-bond donors (Lipinski definition) is 2. The number of amides is 1. The number of halogens is 1. The van der Waals surface area contributed by atoms with Crippen LogP contribution in [0.3, 0.4) is 0 Å². The third-order valence-electron chi connectivity index (χ3n) is 4.26. The number of carbonyl (C=O) groups is 1. The highest BCUT2D eigenvalue weighted by Gasteiger charge is 2.22. The lowest BCUT2D eigenvalue weighted by atomic mass is 10.2. The molecule has 0 saturated carbocycles. The Balaban J connectivity index is 1.84. The molecule has 9 heteroatoms. The first-order valence-electron chi connectivity index (χ1n) is 9.33. The summed E-state index contributed by atoms with van der Waals surface area (Å²) in [5, 5.41) is 2.71. The maximum absolute atomic E-state index is 12.9. The van der Waals surface area contributed by atoms with Crippen LogP contribution in [0.25, 0.3) is 0 Å². The third kappa shape index (κ3) is 5.48. The molecule has 3 aromatic carbocycles. The number of nitrogens with one attached hydrogen (secondary N) is 2. The van der Waals surface area contributed by atoms with Crippen molar-refractivity contribution in [3.05, 3.63) is 77.3 Å². The fourth-order valence-electron chi connectivity index (χ4n) is 2.78. The number of anilines is 2. The van der Waals surface area contributed by atoms with Crippen molar-refractivity contribution in [2.45, 2.75) is 11.8 Å². The SMILES string of the molecule is CCOc1ccc(NC(=O)c2ccc(Cl)c(S(=O)(=O)Nc3ccccc3OC)c2)cc1. The van der Waals surface area contributed by atoms with Crippen LogP contribution in [0.15, 0.2) is 71.6 Å². The third-order valence-corrected chi connectivity index (χ3v) is 6.10. The van der Waals surface area contributed by atoms with Crippen molar-refractivity contribution in [3.8, 4) is 11.5 Å². The van der Waals surface area contributed by atoms with E-state index in [1.165, 1.54) is 25.3 Å². The highest BCUT2D eigenvalue weighted by molar-refractivity contribution is 7.92. The predicted molar refractivity (Wildman–Crippen MR) is 121 cm³/mol. The molecule has 0 bridgehead atoms. The van der Waals surface area contributed by atoms with Crippen molar-refractivity contribution in [2.75, 3.05) is 23.8 Å². The van der Waals surface area contributed by atoms with E-state index in [9.17, 15) is 13.2 Å². The van der Waals surface area contributed by atoms with Crippen LogP contribution in [0.1, 0.15) is 17.3 Å². The van der Waals surface area contributed by atoms with Gasteiger partial charge in [0.1, 0.15) is 16.4 Å². The molecular formula is C22H21ClN2O5S. The number of methoxy groups -OCH3 is 1. The molecule has 7 nitrogen and oxygen atoms in total. The van der Waals surface area contributed by atoms with E-state index in [0.717, 1.165) is 0 Å². The second kappa shape index (κ2) is 9.72. The van der Waals surface area contributed by atoms with Crippen molar-refractivity contribution < 1.29 is 22.7 Å². The van der Waals surface area contributed by atoms with Crippen molar-refractivity contribution in [2.24, 2.45) is 0 Å². The van der Waals surface area contributed by atoms with E-state index < -0.39 is 15.9 Å². The highest BCUT2D eigenvalue weighted by atomic mass is 35.5. The topological polar surface area (TPSA) is 93.7 Å². The molecule has 0 saturated heterocycles. The number of hydrogen-bond acceptors (Lipinski definition) is 5. The maximum atomic E-state index is 12.9. The minimum atomic E-state index is -4.08. The molecule has 0 aliphatic heterocycles. The van der Waals surface area contributed by atoms with Gasteiger partial charge in [-0.25, -0.2) is 8.42 Å². The number of carbonyl (C=O) groups excluding carboxylic acids is 1. The summed E-state index contributed by atoms with van der Waals surface area (Å²) in [5.41, 5.74) is 0.934. The first-order chi connectivity index (χ1) is 14.8. The van der Waals surface area contributed by atoms with Crippen molar-refractivity contribution in [1.29, 1.82) is 0 Å².